The number of hydrogen-bond donors (Lipinski definition) is 0. The number of methoxy groups -OCH3 is 1. The molecule has 2 amide bonds. The molecular weight excluding hydrogens is 404 g/mol. The highest BCUT2D eigenvalue weighted by atomic mass is 32.2. The molecule has 150 valence electrons. The van der Waals surface area contributed by atoms with E-state index in [0.717, 1.165) is 33.0 Å². The van der Waals surface area contributed by atoms with Crippen LogP contribution < -0.4 is 4.74 Å². The maximum atomic E-state index is 12.9. The third-order valence-electron chi connectivity index (χ3n) is 4.76. The molecule has 0 radical (unpaired) electrons. The highest BCUT2D eigenvalue weighted by Gasteiger charge is 2.35. The molecule has 1 heterocycles. The minimum absolute atomic E-state index is 0.0314. The molecule has 0 unspecified atom stereocenters. The van der Waals surface area contributed by atoms with Gasteiger partial charge in [0.05, 0.1) is 23.5 Å². The lowest BCUT2D eigenvalue weighted by Crippen LogP contribution is -2.27. The summed E-state index contributed by atoms with van der Waals surface area (Å²) in [5, 5.41) is 12.4. The Kier molecular flexibility index (Phi) is 5.24. The standard InChI is InChI=1S/C22H16N2O5S/c1-29-19-10-9-15-6-2-3-8-17(15)18(19)12-20-21(25)23(22(26)30-20)13-14-5-4-7-16(11-14)24(27)28/h2-12H,13H2,1H3/b20-12-. The zero-order chi connectivity index (χ0) is 21.3. The quantitative estimate of drug-likeness (QED) is 0.328. The van der Waals surface area contributed by atoms with Crippen molar-refractivity contribution < 1.29 is 19.2 Å². The minimum atomic E-state index is -0.510. The van der Waals surface area contributed by atoms with Gasteiger partial charge in [-0.05, 0) is 40.2 Å². The number of fused-ring (bicyclic) bond motifs is 1. The number of nitrogens with zero attached hydrogens (tertiary/aromatic N) is 2. The number of nitro groups is 1. The number of ether oxygens (including phenoxy) is 1. The first kappa shape index (κ1) is 19.7. The second-order valence-corrected chi connectivity index (χ2v) is 7.59. The van der Waals surface area contributed by atoms with Gasteiger partial charge in [0.1, 0.15) is 5.75 Å². The van der Waals surface area contributed by atoms with Gasteiger partial charge in [-0.1, -0.05) is 42.5 Å². The summed E-state index contributed by atoms with van der Waals surface area (Å²) in [6, 6.07) is 17.4. The third-order valence-corrected chi connectivity index (χ3v) is 5.67. The maximum Gasteiger partial charge on any atom is 0.293 e. The molecule has 1 saturated heterocycles. The van der Waals surface area contributed by atoms with Gasteiger partial charge in [-0.2, -0.15) is 0 Å². The van der Waals surface area contributed by atoms with Crippen molar-refractivity contribution in [2.75, 3.05) is 7.11 Å². The van der Waals surface area contributed by atoms with E-state index in [1.807, 2.05) is 36.4 Å². The van der Waals surface area contributed by atoms with Gasteiger partial charge in [0.25, 0.3) is 16.8 Å². The van der Waals surface area contributed by atoms with Crippen LogP contribution in [-0.2, 0) is 11.3 Å². The Morgan fingerprint density at radius 1 is 1.10 bits per heavy atom. The Bertz CT molecular complexity index is 1220. The number of thioether (sulfide) groups is 1. The zero-order valence-corrected chi connectivity index (χ0v) is 16.7. The van der Waals surface area contributed by atoms with Crippen LogP contribution in [0.25, 0.3) is 16.8 Å². The predicted octanol–water partition coefficient (Wildman–Crippen LogP) is 4.99. The van der Waals surface area contributed by atoms with Crippen LogP contribution in [0.5, 0.6) is 5.75 Å². The predicted molar refractivity (Wildman–Crippen MR) is 115 cm³/mol. The number of benzene rings is 3. The molecule has 0 aromatic heterocycles. The molecule has 1 aliphatic heterocycles. The zero-order valence-electron chi connectivity index (χ0n) is 15.9. The number of hydrogen-bond acceptors (Lipinski definition) is 6. The lowest BCUT2D eigenvalue weighted by molar-refractivity contribution is -0.384. The summed E-state index contributed by atoms with van der Waals surface area (Å²) in [7, 11) is 1.55. The first-order valence-electron chi connectivity index (χ1n) is 9.02. The maximum absolute atomic E-state index is 12.9. The van der Waals surface area contributed by atoms with Crippen molar-refractivity contribution in [3.63, 3.8) is 0 Å². The van der Waals surface area contributed by atoms with E-state index in [1.54, 1.807) is 19.3 Å². The molecule has 1 fully saturated rings. The fourth-order valence-corrected chi connectivity index (χ4v) is 4.14. The molecule has 8 heteroatoms. The molecule has 3 aromatic carbocycles. The van der Waals surface area contributed by atoms with Gasteiger partial charge in [-0.25, -0.2) is 0 Å². The number of amides is 2. The van der Waals surface area contributed by atoms with Crippen molar-refractivity contribution in [1.29, 1.82) is 0 Å². The van der Waals surface area contributed by atoms with E-state index >= 15 is 0 Å². The first-order valence-corrected chi connectivity index (χ1v) is 9.84. The first-order chi connectivity index (χ1) is 14.5. The average molecular weight is 420 g/mol. The monoisotopic (exact) mass is 420 g/mol. The molecule has 3 aromatic rings. The van der Waals surface area contributed by atoms with Crippen LogP contribution in [0.2, 0.25) is 0 Å². The third kappa shape index (κ3) is 3.65. The van der Waals surface area contributed by atoms with E-state index in [-0.39, 0.29) is 17.1 Å². The fourth-order valence-electron chi connectivity index (χ4n) is 3.32. The van der Waals surface area contributed by atoms with E-state index in [9.17, 15) is 19.7 Å². The van der Waals surface area contributed by atoms with Gasteiger partial charge in [0.2, 0.25) is 0 Å². The van der Waals surface area contributed by atoms with Crippen LogP contribution in [0.15, 0.2) is 65.6 Å². The average Bonchev–Trinajstić information content (AvgIpc) is 3.01. The van der Waals surface area contributed by atoms with E-state index < -0.39 is 16.1 Å². The number of non-ortho nitro benzene ring substituents is 1. The van der Waals surface area contributed by atoms with Gasteiger partial charge in [0.15, 0.2) is 0 Å². The Hall–Kier alpha value is -3.65. The van der Waals surface area contributed by atoms with Crippen LogP contribution in [0.3, 0.4) is 0 Å². The number of carbonyl (C=O) groups excluding carboxylic acids is 2. The molecule has 1 aliphatic rings. The summed E-state index contributed by atoms with van der Waals surface area (Å²) in [4.78, 5) is 37.2. The summed E-state index contributed by atoms with van der Waals surface area (Å²) in [6.45, 7) is -0.0314. The Labute approximate surface area is 176 Å². The molecular formula is C22H16N2O5S. The molecule has 4 rings (SSSR count). The minimum Gasteiger partial charge on any atom is -0.496 e. The molecule has 0 aliphatic carbocycles. The highest BCUT2D eigenvalue weighted by Crippen LogP contribution is 2.37. The number of carbonyl (C=O) groups is 2. The van der Waals surface area contributed by atoms with Crippen molar-refractivity contribution in [1.82, 2.24) is 4.90 Å². The van der Waals surface area contributed by atoms with Crippen molar-refractivity contribution in [3.8, 4) is 5.75 Å². The van der Waals surface area contributed by atoms with Gasteiger partial charge < -0.3 is 4.74 Å². The summed E-state index contributed by atoms with van der Waals surface area (Å²) in [6.07, 6.45) is 1.67. The van der Waals surface area contributed by atoms with Crippen molar-refractivity contribution in [2.24, 2.45) is 0 Å². The lowest BCUT2D eigenvalue weighted by atomic mass is 10.0. The molecule has 7 nitrogen and oxygen atoms in total. The van der Waals surface area contributed by atoms with E-state index in [0.29, 0.717) is 11.3 Å². The van der Waals surface area contributed by atoms with Gasteiger partial charge in [0, 0.05) is 17.7 Å². The summed E-state index contributed by atoms with van der Waals surface area (Å²) in [5.41, 5.74) is 1.14. The second kappa shape index (κ2) is 8.00. The van der Waals surface area contributed by atoms with E-state index in [2.05, 4.69) is 0 Å². The van der Waals surface area contributed by atoms with Crippen molar-refractivity contribution in [2.45, 2.75) is 6.54 Å². The van der Waals surface area contributed by atoms with Crippen molar-refractivity contribution in [3.05, 3.63) is 86.8 Å². The molecule has 0 saturated carbocycles. The SMILES string of the molecule is COc1ccc2ccccc2c1/C=C1\SC(=O)N(Cc2cccc([N+](=O)[O-])c2)C1=O. The lowest BCUT2D eigenvalue weighted by Gasteiger charge is -2.12. The summed E-state index contributed by atoms with van der Waals surface area (Å²) < 4.78 is 5.46. The molecule has 0 spiro atoms. The number of rotatable bonds is 5. The van der Waals surface area contributed by atoms with E-state index in [4.69, 9.17) is 4.74 Å². The van der Waals surface area contributed by atoms with Gasteiger partial charge in [-0.15, -0.1) is 0 Å². The number of imide groups is 1. The molecule has 0 N–H and O–H groups in total. The number of nitro benzene ring substituents is 1. The normalized spacial score (nSPS) is 15.2. The smallest absolute Gasteiger partial charge is 0.293 e. The van der Waals surface area contributed by atoms with Crippen LogP contribution in [0, 0.1) is 10.1 Å². The van der Waals surface area contributed by atoms with Gasteiger partial charge >= 0.3 is 0 Å². The topological polar surface area (TPSA) is 89.8 Å². The fraction of sp³-hybridized carbons (Fsp3) is 0.0909. The molecule has 30 heavy (non-hydrogen) atoms. The largest absolute Gasteiger partial charge is 0.496 e. The Morgan fingerprint density at radius 3 is 2.67 bits per heavy atom. The van der Waals surface area contributed by atoms with Crippen LogP contribution in [0.4, 0.5) is 10.5 Å². The van der Waals surface area contributed by atoms with Crippen molar-refractivity contribution >= 4 is 45.4 Å². The highest BCUT2D eigenvalue weighted by molar-refractivity contribution is 8.18. The molecule has 0 bridgehead atoms. The van der Waals surface area contributed by atoms with Crippen LogP contribution >= 0.6 is 11.8 Å². The van der Waals surface area contributed by atoms with Crippen LogP contribution in [-0.4, -0.2) is 28.1 Å². The Balaban J connectivity index is 1.68. The second-order valence-electron chi connectivity index (χ2n) is 6.60. The van der Waals surface area contributed by atoms with E-state index in [1.165, 1.54) is 18.2 Å². The molecule has 0 atom stereocenters. The summed E-state index contributed by atoms with van der Waals surface area (Å²) >= 11 is 0.843. The van der Waals surface area contributed by atoms with Gasteiger partial charge in [-0.3, -0.25) is 24.6 Å². The summed E-state index contributed by atoms with van der Waals surface area (Å²) in [5.74, 6) is 0.158. The van der Waals surface area contributed by atoms with Crippen LogP contribution in [0.1, 0.15) is 11.1 Å². The Morgan fingerprint density at radius 2 is 1.90 bits per heavy atom.